The molecule has 2 aromatic heterocycles. The second-order valence-electron chi connectivity index (χ2n) is 15.9. The van der Waals surface area contributed by atoms with E-state index in [-0.39, 0.29) is 32.9 Å². The standard InChI is InChI=1S/C25H32N4O2.C18H19N3O5.2H2/c1-3-12-30-20-4-5-23-22(16-20)25(28-27-23)18-6-9-26-24(15-18)29-10-7-19(8-11-29)31-21-13-17(2)14-21;22-11-5-7-20(8-6-11)10-1-2-12-13(9-10)18(26)21(17(12)25)14-3-4-15(23)19-16(14)24;;/h4-6,9,15-17,19,21H,3,7-8,10-14H2,1-2H3,(H,27,28);1-2,9,11,14,22H,3-8H2,(H,19,23,24);2*1H. The summed E-state index contributed by atoms with van der Waals surface area (Å²) in [6.07, 6.45) is 9.64. The summed E-state index contributed by atoms with van der Waals surface area (Å²) in [5.41, 5.74) is 4.41. The van der Waals surface area contributed by atoms with Crippen molar-refractivity contribution < 1.29 is 36.6 Å². The maximum Gasteiger partial charge on any atom is 0.262 e. The first-order chi connectivity index (χ1) is 27.6. The number of hydrogen-bond donors (Lipinski definition) is 3. The third kappa shape index (κ3) is 8.24. The SMILES string of the molecule is CCCOc1ccc2[nH]nc(-c3ccnc(N4CCC(OC5CC(C)C5)CC4)c3)c2c1.O=C1CCC(N2C(=O)c3ccc(N4CCC(O)CC4)cc3C2=O)C(=O)N1.[HH].[HH]. The molecule has 14 heteroatoms. The molecule has 0 radical (unpaired) electrons. The molecule has 14 nitrogen and oxygen atoms in total. The van der Waals surface area contributed by atoms with Crippen molar-refractivity contribution in [2.24, 2.45) is 5.92 Å². The highest BCUT2D eigenvalue weighted by atomic mass is 16.5. The predicted molar refractivity (Wildman–Crippen MR) is 218 cm³/mol. The third-order valence-corrected chi connectivity index (χ3v) is 11.8. The molecule has 3 N–H and O–H groups in total. The van der Waals surface area contributed by atoms with Crippen LogP contribution in [-0.4, -0.2) is 106 Å². The number of aromatic amines is 1. The van der Waals surface area contributed by atoms with Crippen molar-refractivity contribution in [2.45, 2.75) is 96.0 Å². The molecule has 4 amide bonds. The van der Waals surface area contributed by atoms with Crippen LogP contribution in [0.5, 0.6) is 5.75 Å². The summed E-state index contributed by atoms with van der Waals surface area (Å²) in [6.45, 7) is 8.47. The lowest BCUT2D eigenvalue weighted by Gasteiger charge is -2.39. The number of nitrogens with one attached hydrogen (secondary N) is 2. The number of imide groups is 2. The average molecular weight is 782 g/mol. The molecule has 1 unspecified atom stereocenters. The highest BCUT2D eigenvalue weighted by molar-refractivity contribution is 6.23. The molecule has 0 bridgehead atoms. The third-order valence-electron chi connectivity index (χ3n) is 11.8. The van der Waals surface area contributed by atoms with Gasteiger partial charge >= 0.3 is 0 Å². The number of fused-ring (bicyclic) bond motifs is 2. The zero-order chi connectivity index (χ0) is 39.6. The number of benzene rings is 2. The Kier molecular flexibility index (Phi) is 11.2. The number of piperidine rings is 3. The van der Waals surface area contributed by atoms with Crippen LogP contribution in [0.4, 0.5) is 11.5 Å². The molecule has 57 heavy (non-hydrogen) atoms. The highest BCUT2D eigenvalue weighted by Crippen LogP contribution is 2.35. The van der Waals surface area contributed by atoms with Crippen LogP contribution < -0.4 is 19.9 Å². The van der Waals surface area contributed by atoms with E-state index in [0.717, 1.165) is 89.2 Å². The van der Waals surface area contributed by atoms with E-state index in [2.05, 4.69) is 56.3 Å². The summed E-state index contributed by atoms with van der Waals surface area (Å²) in [7, 11) is 0. The molecule has 2 aromatic carbocycles. The number of anilines is 2. The monoisotopic (exact) mass is 781 g/mol. The van der Waals surface area contributed by atoms with E-state index in [4.69, 9.17) is 9.47 Å². The van der Waals surface area contributed by atoms with Gasteiger partial charge in [0.1, 0.15) is 23.3 Å². The number of carbonyl (C=O) groups excluding carboxylic acids is 4. The Labute approximate surface area is 334 Å². The normalized spacial score (nSPS) is 22.9. The van der Waals surface area contributed by atoms with Gasteiger partial charge in [0.05, 0.1) is 41.6 Å². The van der Waals surface area contributed by atoms with Crippen LogP contribution in [0.2, 0.25) is 0 Å². The minimum atomic E-state index is -0.950. The number of rotatable bonds is 9. The molecule has 1 atom stereocenters. The molecular weight excluding hydrogens is 727 g/mol. The van der Waals surface area contributed by atoms with Gasteiger partial charge in [-0.3, -0.25) is 34.5 Å². The molecule has 1 saturated carbocycles. The van der Waals surface area contributed by atoms with E-state index in [9.17, 15) is 24.3 Å². The largest absolute Gasteiger partial charge is 0.494 e. The number of amides is 4. The lowest BCUT2D eigenvalue weighted by atomic mass is 9.84. The fraction of sp³-hybridized carbons (Fsp3) is 0.488. The van der Waals surface area contributed by atoms with Crippen LogP contribution in [0.15, 0.2) is 54.7 Å². The van der Waals surface area contributed by atoms with E-state index < -0.39 is 29.7 Å². The first-order valence-corrected chi connectivity index (χ1v) is 20.4. The van der Waals surface area contributed by atoms with Gasteiger partial charge in [-0.25, -0.2) is 4.98 Å². The molecular formula is C43H55N7O7. The Morgan fingerprint density at radius 1 is 0.860 bits per heavy atom. The minimum Gasteiger partial charge on any atom is -0.494 e. The maximum absolute atomic E-state index is 12.8. The van der Waals surface area contributed by atoms with E-state index in [1.807, 2.05) is 24.4 Å². The van der Waals surface area contributed by atoms with Gasteiger partial charge in [0.25, 0.3) is 11.8 Å². The Morgan fingerprint density at radius 2 is 1.61 bits per heavy atom. The van der Waals surface area contributed by atoms with Crippen LogP contribution in [-0.2, 0) is 14.3 Å². The van der Waals surface area contributed by atoms with Gasteiger partial charge in [-0.2, -0.15) is 5.10 Å². The van der Waals surface area contributed by atoms with E-state index >= 15 is 0 Å². The summed E-state index contributed by atoms with van der Waals surface area (Å²) >= 11 is 0. The summed E-state index contributed by atoms with van der Waals surface area (Å²) in [4.78, 5) is 58.9. The second-order valence-corrected chi connectivity index (χ2v) is 15.9. The Hall–Kier alpha value is -5.34. The first kappa shape index (κ1) is 38.5. The maximum atomic E-state index is 12.8. The number of carbonyl (C=O) groups is 4. The molecule has 304 valence electrons. The number of pyridine rings is 1. The molecule has 9 rings (SSSR count). The van der Waals surface area contributed by atoms with Gasteiger partial charge in [-0.05, 0) is 106 Å². The van der Waals surface area contributed by atoms with E-state index in [0.29, 0.717) is 38.1 Å². The molecule has 5 aliphatic rings. The molecule has 6 heterocycles. The lowest BCUT2D eigenvalue weighted by Crippen LogP contribution is -2.54. The molecule has 3 saturated heterocycles. The van der Waals surface area contributed by atoms with Crippen molar-refractivity contribution in [3.8, 4) is 17.0 Å². The van der Waals surface area contributed by atoms with E-state index in [1.165, 1.54) is 12.8 Å². The van der Waals surface area contributed by atoms with Crippen molar-refractivity contribution in [3.63, 3.8) is 0 Å². The zero-order valence-electron chi connectivity index (χ0n) is 32.6. The van der Waals surface area contributed by atoms with Gasteiger partial charge in [0.2, 0.25) is 11.8 Å². The van der Waals surface area contributed by atoms with Crippen LogP contribution >= 0.6 is 0 Å². The summed E-state index contributed by atoms with van der Waals surface area (Å²) < 4.78 is 12.1. The Balaban J connectivity index is 0.000000195. The van der Waals surface area contributed by atoms with Crippen LogP contribution in [0, 0.1) is 5.92 Å². The number of H-pyrrole nitrogens is 1. The van der Waals surface area contributed by atoms with Crippen molar-refractivity contribution >= 4 is 46.0 Å². The van der Waals surface area contributed by atoms with Crippen molar-refractivity contribution in [1.82, 2.24) is 25.4 Å². The number of nitrogens with zero attached hydrogens (tertiary/aromatic N) is 5. The minimum absolute atomic E-state index is 0. The second kappa shape index (κ2) is 16.6. The Morgan fingerprint density at radius 3 is 2.35 bits per heavy atom. The Bertz CT molecular complexity index is 2150. The number of aliphatic hydroxyl groups excluding tert-OH is 1. The quantitative estimate of drug-likeness (QED) is 0.177. The average Bonchev–Trinajstić information content (AvgIpc) is 3.74. The van der Waals surface area contributed by atoms with Gasteiger partial charge < -0.3 is 24.4 Å². The molecule has 0 spiro atoms. The fourth-order valence-electron chi connectivity index (χ4n) is 8.47. The lowest BCUT2D eigenvalue weighted by molar-refractivity contribution is -0.136. The summed E-state index contributed by atoms with van der Waals surface area (Å²) in [5, 5.41) is 20.6. The van der Waals surface area contributed by atoms with Crippen molar-refractivity contribution in [2.75, 3.05) is 42.6 Å². The number of aliphatic hydroxyl groups is 1. The van der Waals surface area contributed by atoms with Crippen molar-refractivity contribution in [1.29, 1.82) is 0 Å². The highest BCUT2D eigenvalue weighted by Gasteiger charge is 2.45. The molecule has 1 aliphatic carbocycles. The molecule has 4 aromatic rings. The van der Waals surface area contributed by atoms with Gasteiger partial charge in [-0.1, -0.05) is 13.8 Å². The van der Waals surface area contributed by atoms with Gasteiger partial charge in [-0.15, -0.1) is 0 Å². The zero-order valence-corrected chi connectivity index (χ0v) is 32.6. The smallest absolute Gasteiger partial charge is 0.262 e. The first-order valence-electron chi connectivity index (χ1n) is 20.4. The van der Waals surface area contributed by atoms with Crippen LogP contribution in [0.1, 0.15) is 95.2 Å². The fourth-order valence-corrected chi connectivity index (χ4v) is 8.47. The number of hydrogen-bond acceptors (Lipinski definition) is 11. The van der Waals surface area contributed by atoms with Crippen LogP contribution in [0.3, 0.4) is 0 Å². The number of ether oxygens (including phenoxy) is 2. The topological polar surface area (TPSA) is 170 Å². The number of aromatic nitrogens is 3. The summed E-state index contributed by atoms with van der Waals surface area (Å²) in [6, 6.07) is 14.4. The van der Waals surface area contributed by atoms with Crippen LogP contribution in [0.25, 0.3) is 22.2 Å². The van der Waals surface area contributed by atoms with Gasteiger partial charge in [0, 0.05) is 58.3 Å². The predicted octanol–water partition coefficient (Wildman–Crippen LogP) is 5.74. The summed E-state index contributed by atoms with van der Waals surface area (Å²) in [5.74, 6) is 0.735. The molecule has 4 aliphatic heterocycles. The van der Waals surface area contributed by atoms with Gasteiger partial charge in [0.15, 0.2) is 0 Å². The molecule has 4 fully saturated rings. The van der Waals surface area contributed by atoms with E-state index in [1.54, 1.807) is 18.2 Å². The van der Waals surface area contributed by atoms with Crippen molar-refractivity contribution in [3.05, 3.63) is 65.9 Å².